The van der Waals surface area contributed by atoms with E-state index in [2.05, 4.69) is 5.32 Å². The summed E-state index contributed by atoms with van der Waals surface area (Å²) in [6.07, 6.45) is 1.74. The van der Waals surface area contributed by atoms with Crippen LogP contribution < -0.4 is 5.32 Å². The van der Waals surface area contributed by atoms with Crippen molar-refractivity contribution >= 4 is 23.3 Å². The molecule has 1 amide bonds. The van der Waals surface area contributed by atoms with E-state index in [0.717, 1.165) is 16.8 Å². The topological polar surface area (TPSA) is 94.2 Å². The third-order valence-corrected chi connectivity index (χ3v) is 9.40. The Balaban J connectivity index is 1.36. The molecule has 2 bridgehead atoms. The van der Waals surface area contributed by atoms with Gasteiger partial charge in [0, 0.05) is 25.3 Å². The highest BCUT2D eigenvalue weighted by Gasteiger charge is 2.95. The SMILES string of the molecule is CCOC(=O)[C@@]12O[C@@]34N(CCC[C@@]3(CCOCc3ccccc3)C1=O)C(=O)C[C@@]41c3ccccc3N[C@@H]21. The highest BCUT2D eigenvalue weighted by atomic mass is 16.6. The van der Waals surface area contributed by atoms with E-state index in [0.29, 0.717) is 39.0 Å². The lowest BCUT2D eigenvalue weighted by Gasteiger charge is -2.56. The first-order valence-corrected chi connectivity index (χ1v) is 13.2. The van der Waals surface area contributed by atoms with E-state index < -0.39 is 34.2 Å². The van der Waals surface area contributed by atoms with Crippen molar-refractivity contribution in [2.45, 2.75) is 62.0 Å². The molecule has 4 fully saturated rings. The zero-order valence-corrected chi connectivity index (χ0v) is 20.8. The van der Waals surface area contributed by atoms with Crippen molar-refractivity contribution in [3.63, 3.8) is 0 Å². The summed E-state index contributed by atoms with van der Waals surface area (Å²) >= 11 is 0. The molecule has 5 aliphatic heterocycles. The molecule has 2 aromatic carbocycles. The van der Waals surface area contributed by atoms with Gasteiger partial charge in [0.1, 0.15) is 0 Å². The van der Waals surface area contributed by atoms with E-state index in [1.54, 1.807) is 11.8 Å². The Bertz CT molecular complexity index is 1310. The fraction of sp³-hybridized carbons (Fsp3) is 0.483. The number of ketones is 1. The number of carbonyl (C=O) groups excluding carboxylic acids is 3. The third-order valence-electron chi connectivity index (χ3n) is 9.40. The number of anilines is 1. The molecule has 0 saturated carbocycles. The van der Waals surface area contributed by atoms with E-state index in [4.69, 9.17) is 14.2 Å². The minimum atomic E-state index is -1.82. The first-order chi connectivity index (χ1) is 18.0. The van der Waals surface area contributed by atoms with Crippen molar-refractivity contribution in [2.24, 2.45) is 5.41 Å². The molecule has 37 heavy (non-hydrogen) atoms. The second-order valence-electron chi connectivity index (χ2n) is 10.8. The minimum Gasteiger partial charge on any atom is -0.463 e. The number of fused-ring (bicyclic) bond motifs is 3. The van der Waals surface area contributed by atoms with Crippen LogP contribution in [-0.2, 0) is 40.6 Å². The van der Waals surface area contributed by atoms with Gasteiger partial charge in [0.2, 0.25) is 11.5 Å². The molecule has 1 N–H and O–H groups in total. The number of esters is 1. The number of hydrogen-bond acceptors (Lipinski definition) is 7. The van der Waals surface area contributed by atoms with Crippen LogP contribution in [0.5, 0.6) is 0 Å². The average Bonchev–Trinajstić information content (AvgIpc) is 3.54. The molecule has 0 radical (unpaired) electrons. The number of carbonyl (C=O) groups is 3. The molecule has 2 aromatic rings. The second-order valence-corrected chi connectivity index (χ2v) is 10.8. The van der Waals surface area contributed by atoms with Gasteiger partial charge in [-0.25, -0.2) is 4.79 Å². The second kappa shape index (κ2) is 7.65. The van der Waals surface area contributed by atoms with Crippen molar-refractivity contribution in [3.05, 3.63) is 65.7 Å². The lowest BCUT2D eigenvalue weighted by atomic mass is 9.48. The van der Waals surface area contributed by atoms with Crippen LogP contribution >= 0.6 is 0 Å². The Morgan fingerprint density at radius 1 is 1.14 bits per heavy atom. The van der Waals surface area contributed by atoms with Crippen LogP contribution in [0.1, 0.15) is 43.7 Å². The summed E-state index contributed by atoms with van der Waals surface area (Å²) in [5.41, 5.74) is -2.21. The first-order valence-electron chi connectivity index (χ1n) is 13.2. The van der Waals surface area contributed by atoms with Gasteiger partial charge in [0.05, 0.1) is 30.1 Å². The predicted molar refractivity (Wildman–Crippen MR) is 132 cm³/mol. The number of piperidine rings is 1. The van der Waals surface area contributed by atoms with Crippen molar-refractivity contribution in [3.8, 4) is 0 Å². The number of rotatable bonds is 7. The average molecular weight is 503 g/mol. The molecule has 8 nitrogen and oxygen atoms in total. The Labute approximate surface area is 215 Å². The van der Waals surface area contributed by atoms with Gasteiger partial charge in [-0.2, -0.15) is 0 Å². The van der Waals surface area contributed by atoms with E-state index in [1.807, 2.05) is 54.6 Å². The monoisotopic (exact) mass is 502 g/mol. The summed E-state index contributed by atoms with van der Waals surface area (Å²) in [5.74, 6) is -0.980. The van der Waals surface area contributed by atoms with Crippen LogP contribution in [0.25, 0.3) is 0 Å². The van der Waals surface area contributed by atoms with Crippen molar-refractivity contribution in [2.75, 3.05) is 25.1 Å². The number of nitrogens with one attached hydrogen (secondary N) is 1. The molecule has 5 atom stereocenters. The summed E-state index contributed by atoms with van der Waals surface area (Å²) in [7, 11) is 0. The molecule has 5 aliphatic rings. The summed E-state index contributed by atoms with van der Waals surface area (Å²) in [6.45, 7) is 3.08. The molecule has 0 unspecified atom stereocenters. The molecule has 8 heteroatoms. The predicted octanol–water partition coefficient (Wildman–Crippen LogP) is 2.95. The van der Waals surface area contributed by atoms with Crippen LogP contribution in [0.15, 0.2) is 54.6 Å². The standard InChI is InChI=1S/C29H30N2O6/c1-2-36-25(34)28-23-27(20-11-6-7-12-21(20)30-23)17-22(32)31-15-8-13-26(24(28)33,29(27,31)37-28)14-16-35-18-19-9-4-3-5-10-19/h3-7,9-12,23,30H,2,8,13-18H2,1H3/t23-,26-,27+,28+,29+/m1/s1. The van der Waals surface area contributed by atoms with Crippen LogP contribution in [0, 0.1) is 5.41 Å². The van der Waals surface area contributed by atoms with Crippen molar-refractivity contribution in [1.29, 1.82) is 0 Å². The largest absolute Gasteiger partial charge is 0.463 e. The smallest absolute Gasteiger partial charge is 0.348 e. The summed E-state index contributed by atoms with van der Waals surface area (Å²) in [6, 6.07) is 17.0. The number of amides is 1. The fourth-order valence-electron chi connectivity index (χ4n) is 8.25. The van der Waals surface area contributed by atoms with Crippen LogP contribution in [0.3, 0.4) is 0 Å². The third kappa shape index (κ3) is 2.44. The summed E-state index contributed by atoms with van der Waals surface area (Å²) < 4.78 is 18.4. The molecule has 0 aliphatic carbocycles. The normalized spacial score (nSPS) is 36.2. The molecular formula is C29H30N2O6. The Morgan fingerprint density at radius 2 is 1.92 bits per heavy atom. The number of ether oxygens (including phenoxy) is 3. The molecular weight excluding hydrogens is 472 g/mol. The highest BCUT2D eigenvalue weighted by molar-refractivity contribution is 6.17. The number of Topliss-reactive ketones (excluding diaryl/α,β-unsaturated/α-hetero) is 1. The molecule has 192 valence electrons. The van der Waals surface area contributed by atoms with Gasteiger partial charge < -0.3 is 24.4 Å². The van der Waals surface area contributed by atoms with Gasteiger partial charge >= 0.3 is 5.97 Å². The number of hydrogen-bond donors (Lipinski definition) is 1. The quantitative estimate of drug-likeness (QED) is 0.353. The molecule has 0 aromatic heterocycles. The van der Waals surface area contributed by atoms with E-state index in [1.165, 1.54) is 0 Å². The Kier molecular flexibility index (Phi) is 4.74. The fourth-order valence-corrected chi connectivity index (χ4v) is 8.25. The van der Waals surface area contributed by atoms with E-state index >= 15 is 0 Å². The number of nitrogens with zero attached hydrogens (tertiary/aromatic N) is 1. The van der Waals surface area contributed by atoms with Crippen molar-refractivity contribution < 1.29 is 28.6 Å². The van der Waals surface area contributed by atoms with Gasteiger partial charge in [-0.05, 0) is 43.4 Å². The minimum absolute atomic E-state index is 0.0371. The van der Waals surface area contributed by atoms with E-state index in [-0.39, 0.29) is 24.7 Å². The van der Waals surface area contributed by atoms with Crippen LogP contribution in [0.2, 0.25) is 0 Å². The van der Waals surface area contributed by atoms with Gasteiger partial charge in [-0.1, -0.05) is 48.5 Å². The molecule has 7 rings (SSSR count). The van der Waals surface area contributed by atoms with Gasteiger partial charge in [-0.3, -0.25) is 9.59 Å². The van der Waals surface area contributed by atoms with Gasteiger partial charge in [0.25, 0.3) is 0 Å². The molecule has 4 saturated heterocycles. The van der Waals surface area contributed by atoms with E-state index in [9.17, 15) is 14.4 Å². The van der Waals surface area contributed by atoms with Crippen molar-refractivity contribution in [1.82, 2.24) is 4.90 Å². The summed E-state index contributed by atoms with van der Waals surface area (Å²) in [4.78, 5) is 43.8. The Hall–Kier alpha value is -3.23. The van der Waals surface area contributed by atoms with Crippen LogP contribution in [0.4, 0.5) is 5.69 Å². The molecule has 2 spiro atoms. The zero-order valence-electron chi connectivity index (χ0n) is 20.8. The molecule has 5 heterocycles. The summed E-state index contributed by atoms with van der Waals surface area (Å²) in [5, 5.41) is 3.45. The lowest BCUT2D eigenvalue weighted by Crippen LogP contribution is -2.74. The highest BCUT2D eigenvalue weighted by Crippen LogP contribution is 2.77. The zero-order chi connectivity index (χ0) is 25.5. The van der Waals surface area contributed by atoms with Gasteiger partial charge in [-0.15, -0.1) is 0 Å². The number of para-hydroxylation sites is 1. The van der Waals surface area contributed by atoms with Crippen LogP contribution in [-0.4, -0.2) is 59.7 Å². The maximum absolute atomic E-state index is 14.7. The maximum atomic E-state index is 14.7. The lowest BCUT2D eigenvalue weighted by molar-refractivity contribution is -0.213. The number of benzene rings is 2. The first kappa shape index (κ1) is 22.9. The maximum Gasteiger partial charge on any atom is 0.348 e. The van der Waals surface area contributed by atoms with Gasteiger partial charge in [0.15, 0.2) is 11.5 Å². The Morgan fingerprint density at radius 3 is 2.73 bits per heavy atom.